The van der Waals surface area contributed by atoms with Gasteiger partial charge in [0.2, 0.25) is 0 Å². The molecule has 0 unspecified atom stereocenters. The molecule has 0 saturated heterocycles. The third-order valence-electron chi connectivity index (χ3n) is 3.20. The van der Waals surface area contributed by atoms with Crippen LogP contribution < -0.4 is 10.1 Å². The van der Waals surface area contributed by atoms with Crippen LogP contribution >= 0.6 is 0 Å². The molecule has 3 rings (SSSR count). The topological polar surface area (TPSA) is 81.9 Å². The molecular formula is C16H15N5O2. The van der Waals surface area contributed by atoms with Gasteiger partial charge in [0.15, 0.2) is 6.61 Å². The van der Waals surface area contributed by atoms with Crippen molar-refractivity contribution in [2.45, 2.75) is 6.92 Å². The van der Waals surface area contributed by atoms with Gasteiger partial charge in [-0.25, -0.2) is 4.68 Å². The van der Waals surface area contributed by atoms with Crippen LogP contribution in [0.15, 0.2) is 54.9 Å². The molecule has 7 nitrogen and oxygen atoms in total. The standard InChI is InChI=1S/C16H15N5O2/c1-12-5-2-3-8-15(12)23-10-16(22)18-13-6-4-7-14(9-13)21-11-17-19-20-21/h2-9,11H,10H2,1H3,(H,18,22). The van der Waals surface area contributed by atoms with Crippen LogP contribution in [0.3, 0.4) is 0 Å². The Bertz CT molecular complexity index is 802. The first kappa shape index (κ1) is 14.7. The minimum atomic E-state index is -0.234. The summed E-state index contributed by atoms with van der Waals surface area (Å²) in [5.74, 6) is 0.465. The number of carbonyl (C=O) groups is 1. The van der Waals surface area contributed by atoms with Crippen LogP contribution in [0, 0.1) is 6.92 Å². The van der Waals surface area contributed by atoms with Gasteiger partial charge in [-0.15, -0.1) is 5.10 Å². The van der Waals surface area contributed by atoms with E-state index in [4.69, 9.17) is 4.74 Å². The number of para-hydroxylation sites is 1. The number of amides is 1. The second kappa shape index (κ2) is 6.69. The average molecular weight is 309 g/mol. The van der Waals surface area contributed by atoms with Crippen LogP contribution in [0.25, 0.3) is 5.69 Å². The number of nitrogens with zero attached hydrogens (tertiary/aromatic N) is 4. The zero-order valence-electron chi connectivity index (χ0n) is 12.5. The highest BCUT2D eigenvalue weighted by atomic mass is 16.5. The fourth-order valence-electron chi connectivity index (χ4n) is 2.06. The van der Waals surface area contributed by atoms with Crippen molar-refractivity contribution in [3.8, 4) is 11.4 Å². The van der Waals surface area contributed by atoms with Gasteiger partial charge >= 0.3 is 0 Å². The van der Waals surface area contributed by atoms with Gasteiger partial charge in [-0.05, 0) is 47.2 Å². The molecule has 2 aromatic carbocycles. The van der Waals surface area contributed by atoms with Crippen LogP contribution in [-0.4, -0.2) is 32.7 Å². The Morgan fingerprint density at radius 1 is 1.22 bits per heavy atom. The van der Waals surface area contributed by atoms with Crippen LogP contribution in [-0.2, 0) is 4.79 Å². The van der Waals surface area contributed by atoms with Gasteiger partial charge in [0.05, 0.1) is 5.69 Å². The van der Waals surface area contributed by atoms with Gasteiger partial charge in [-0.3, -0.25) is 4.79 Å². The van der Waals surface area contributed by atoms with E-state index in [0.717, 1.165) is 11.3 Å². The number of aromatic nitrogens is 4. The highest BCUT2D eigenvalue weighted by Crippen LogP contribution is 2.16. The highest BCUT2D eigenvalue weighted by molar-refractivity contribution is 5.92. The molecule has 0 aliphatic carbocycles. The predicted molar refractivity (Wildman–Crippen MR) is 84.5 cm³/mol. The largest absolute Gasteiger partial charge is 0.483 e. The maximum atomic E-state index is 12.0. The van der Waals surface area contributed by atoms with E-state index >= 15 is 0 Å². The fourth-order valence-corrected chi connectivity index (χ4v) is 2.06. The lowest BCUT2D eigenvalue weighted by Crippen LogP contribution is -2.20. The second-order valence-corrected chi connectivity index (χ2v) is 4.91. The molecule has 0 aliphatic heterocycles. The Balaban J connectivity index is 1.62. The monoisotopic (exact) mass is 309 g/mol. The van der Waals surface area contributed by atoms with Crippen LogP contribution in [0.5, 0.6) is 5.75 Å². The third-order valence-corrected chi connectivity index (χ3v) is 3.20. The molecule has 1 aromatic heterocycles. The lowest BCUT2D eigenvalue weighted by Gasteiger charge is -2.10. The summed E-state index contributed by atoms with van der Waals surface area (Å²) >= 11 is 0. The van der Waals surface area contributed by atoms with Crippen LogP contribution in [0.4, 0.5) is 5.69 Å². The molecule has 0 saturated carbocycles. The molecule has 1 amide bonds. The van der Waals surface area contributed by atoms with E-state index in [1.54, 1.807) is 12.1 Å². The Hall–Kier alpha value is -3.22. The van der Waals surface area contributed by atoms with Gasteiger partial charge < -0.3 is 10.1 Å². The number of hydrogen-bond acceptors (Lipinski definition) is 5. The Morgan fingerprint density at radius 3 is 2.87 bits per heavy atom. The number of anilines is 1. The molecule has 0 radical (unpaired) electrons. The summed E-state index contributed by atoms with van der Waals surface area (Å²) in [4.78, 5) is 12.0. The summed E-state index contributed by atoms with van der Waals surface area (Å²) in [6, 6.07) is 14.8. The lowest BCUT2D eigenvalue weighted by atomic mass is 10.2. The molecule has 0 atom stereocenters. The van der Waals surface area contributed by atoms with E-state index < -0.39 is 0 Å². The number of rotatable bonds is 5. The van der Waals surface area contributed by atoms with E-state index in [1.807, 2.05) is 43.3 Å². The molecule has 0 bridgehead atoms. The summed E-state index contributed by atoms with van der Waals surface area (Å²) in [5, 5.41) is 13.8. The van der Waals surface area contributed by atoms with Crippen molar-refractivity contribution in [3.63, 3.8) is 0 Å². The van der Waals surface area contributed by atoms with Gasteiger partial charge in [0.25, 0.3) is 5.91 Å². The molecule has 1 N–H and O–H groups in total. The number of ether oxygens (including phenoxy) is 1. The first-order valence-electron chi connectivity index (χ1n) is 7.04. The maximum Gasteiger partial charge on any atom is 0.262 e. The Morgan fingerprint density at radius 2 is 2.09 bits per heavy atom. The molecular weight excluding hydrogens is 294 g/mol. The number of benzene rings is 2. The van der Waals surface area contributed by atoms with Crippen molar-refractivity contribution < 1.29 is 9.53 Å². The quantitative estimate of drug-likeness (QED) is 0.779. The molecule has 7 heteroatoms. The SMILES string of the molecule is Cc1ccccc1OCC(=O)Nc1cccc(-n2cnnn2)c1. The van der Waals surface area contributed by atoms with E-state index in [2.05, 4.69) is 20.8 Å². The minimum Gasteiger partial charge on any atom is -0.483 e. The molecule has 3 aromatic rings. The highest BCUT2D eigenvalue weighted by Gasteiger charge is 2.06. The van der Waals surface area contributed by atoms with Crippen molar-refractivity contribution >= 4 is 11.6 Å². The van der Waals surface area contributed by atoms with Crippen molar-refractivity contribution in [2.24, 2.45) is 0 Å². The summed E-state index contributed by atoms with van der Waals surface area (Å²) in [5.41, 5.74) is 2.39. The maximum absolute atomic E-state index is 12.0. The Kier molecular flexibility index (Phi) is 4.28. The van der Waals surface area contributed by atoms with Gasteiger partial charge in [-0.2, -0.15) is 0 Å². The van der Waals surface area contributed by atoms with Crippen molar-refractivity contribution in [3.05, 3.63) is 60.4 Å². The van der Waals surface area contributed by atoms with Gasteiger partial charge in [-0.1, -0.05) is 24.3 Å². The van der Waals surface area contributed by atoms with Crippen molar-refractivity contribution in [2.75, 3.05) is 11.9 Å². The molecule has 116 valence electrons. The zero-order valence-corrected chi connectivity index (χ0v) is 12.5. The smallest absolute Gasteiger partial charge is 0.262 e. The molecule has 0 spiro atoms. The second-order valence-electron chi connectivity index (χ2n) is 4.91. The van der Waals surface area contributed by atoms with Crippen molar-refractivity contribution in [1.82, 2.24) is 20.2 Å². The van der Waals surface area contributed by atoms with Gasteiger partial charge in [0.1, 0.15) is 12.1 Å². The summed E-state index contributed by atoms with van der Waals surface area (Å²) in [6.45, 7) is 1.88. The molecule has 1 heterocycles. The normalized spacial score (nSPS) is 10.3. The third kappa shape index (κ3) is 3.70. The van der Waals surface area contributed by atoms with Crippen molar-refractivity contribution in [1.29, 1.82) is 0 Å². The average Bonchev–Trinajstić information content (AvgIpc) is 3.09. The zero-order chi connectivity index (χ0) is 16.1. The minimum absolute atomic E-state index is 0.0556. The number of carbonyl (C=O) groups excluding carboxylic acids is 1. The number of tetrazole rings is 1. The summed E-state index contributed by atoms with van der Waals surface area (Å²) < 4.78 is 7.04. The molecule has 0 fully saturated rings. The fraction of sp³-hybridized carbons (Fsp3) is 0.125. The summed E-state index contributed by atoms with van der Waals surface area (Å²) in [6.07, 6.45) is 1.49. The van der Waals surface area contributed by atoms with E-state index in [9.17, 15) is 4.79 Å². The van der Waals surface area contributed by atoms with E-state index in [-0.39, 0.29) is 12.5 Å². The lowest BCUT2D eigenvalue weighted by molar-refractivity contribution is -0.118. The first-order chi connectivity index (χ1) is 11.2. The van der Waals surface area contributed by atoms with Crippen LogP contribution in [0.2, 0.25) is 0 Å². The number of aryl methyl sites for hydroxylation is 1. The molecule has 0 aliphatic rings. The first-order valence-corrected chi connectivity index (χ1v) is 7.04. The Labute approximate surface area is 132 Å². The van der Waals surface area contributed by atoms with E-state index in [1.165, 1.54) is 11.0 Å². The number of nitrogens with one attached hydrogen (secondary N) is 1. The summed E-state index contributed by atoms with van der Waals surface area (Å²) in [7, 11) is 0. The number of hydrogen-bond donors (Lipinski definition) is 1. The molecule has 23 heavy (non-hydrogen) atoms. The van der Waals surface area contributed by atoms with Crippen LogP contribution in [0.1, 0.15) is 5.56 Å². The van der Waals surface area contributed by atoms with Gasteiger partial charge in [0, 0.05) is 5.69 Å². The van der Waals surface area contributed by atoms with E-state index in [0.29, 0.717) is 11.4 Å². The predicted octanol–water partition coefficient (Wildman–Crippen LogP) is 1.99.